The molecule has 140 valence electrons. The fraction of sp³-hybridized carbons (Fsp3) is 0.857. The van der Waals surface area contributed by atoms with Crippen LogP contribution in [-0.2, 0) is 12.8 Å². The average Bonchev–Trinajstić information content (AvgIpc) is 3.06. The van der Waals surface area contributed by atoms with E-state index in [2.05, 4.69) is 37.2 Å². The maximum atomic E-state index is 11.0. The Balaban J connectivity index is 0.00000157. The van der Waals surface area contributed by atoms with Crippen molar-refractivity contribution in [2.24, 2.45) is 34.5 Å². The van der Waals surface area contributed by atoms with Crippen molar-refractivity contribution in [2.75, 3.05) is 0 Å². The number of fused-ring (bicyclic) bond motifs is 6. The van der Waals surface area contributed by atoms with E-state index in [0.29, 0.717) is 5.41 Å². The minimum Gasteiger partial charge on any atom is -0.412 e. The third-order valence-corrected chi connectivity index (χ3v) is 9.46. The Hall–Kier alpha value is -0.870. The van der Waals surface area contributed by atoms with Gasteiger partial charge in [-0.25, -0.2) is 0 Å². The molecule has 1 aromatic rings. The molecule has 25 heavy (non-hydrogen) atoms. The van der Waals surface area contributed by atoms with Gasteiger partial charge >= 0.3 is 0 Å². The first-order valence-electron chi connectivity index (χ1n) is 10.1. The van der Waals surface area contributed by atoms with E-state index in [1.807, 2.05) is 0 Å². The predicted octanol–water partition coefficient (Wildman–Crippen LogP) is 3.29. The molecule has 0 amide bonds. The van der Waals surface area contributed by atoms with Gasteiger partial charge in [-0.05, 0) is 98.4 Å². The van der Waals surface area contributed by atoms with E-state index in [1.165, 1.54) is 56.2 Å². The van der Waals surface area contributed by atoms with Crippen molar-refractivity contribution in [2.45, 2.75) is 77.7 Å². The highest BCUT2D eigenvalue weighted by molar-refractivity contribution is 5.26. The van der Waals surface area contributed by atoms with Gasteiger partial charge in [0, 0.05) is 5.69 Å². The summed E-state index contributed by atoms with van der Waals surface area (Å²) in [4.78, 5) is 0. The van der Waals surface area contributed by atoms with Gasteiger partial charge < -0.3 is 10.6 Å². The minimum atomic E-state index is -0.454. The van der Waals surface area contributed by atoms with E-state index in [1.54, 1.807) is 0 Å². The lowest BCUT2D eigenvalue weighted by atomic mass is 9.44. The molecule has 0 bridgehead atoms. The fourth-order valence-corrected chi connectivity index (χ4v) is 7.71. The largest absolute Gasteiger partial charge is 0.412 e. The van der Waals surface area contributed by atoms with Crippen molar-refractivity contribution in [3.05, 3.63) is 17.5 Å². The number of hydrogen-bond acceptors (Lipinski definition) is 2. The molecule has 4 N–H and O–H groups in total. The first-order valence-corrected chi connectivity index (χ1v) is 10.1. The van der Waals surface area contributed by atoms with Gasteiger partial charge in [0.05, 0.1) is 11.8 Å². The zero-order valence-corrected chi connectivity index (χ0v) is 15.9. The smallest absolute Gasteiger partial charge is 0.0675 e. The van der Waals surface area contributed by atoms with Crippen LogP contribution in [0.4, 0.5) is 0 Å². The number of nitrogens with zero attached hydrogens (tertiary/aromatic N) is 1. The Morgan fingerprint density at radius 1 is 1.08 bits per heavy atom. The lowest BCUT2D eigenvalue weighted by molar-refractivity contribution is -0.139. The van der Waals surface area contributed by atoms with Crippen LogP contribution in [0.25, 0.3) is 0 Å². The Morgan fingerprint density at radius 3 is 2.64 bits per heavy atom. The molecule has 4 nitrogen and oxygen atoms in total. The number of aromatic amines is 1. The molecule has 5 rings (SSSR count). The van der Waals surface area contributed by atoms with Crippen molar-refractivity contribution in [3.63, 3.8) is 0 Å². The molecular weight excluding hydrogens is 312 g/mol. The molecule has 3 saturated carbocycles. The maximum absolute atomic E-state index is 11.0. The Labute approximate surface area is 151 Å². The standard InChI is InChI=1S/C21H32N2O.H2O/c1-19-11-13-12-22-23-18(13)10-14(19)4-5-15-16(19)6-8-20(2)17(15)7-9-21(20,3)24;/h12,14-17,24H,4-11H2,1-3H3,(H,22,23);1H2/t14-,15+,16-,17-,19-,20-,21-;/m0./s1. The first kappa shape index (κ1) is 17.5. The van der Waals surface area contributed by atoms with Crippen LogP contribution in [0.3, 0.4) is 0 Å². The summed E-state index contributed by atoms with van der Waals surface area (Å²) in [5, 5.41) is 18.6. The summed E-state index contributed by atoms with van der Waals surface area (Å²) in [6.45, 7) is 7.09. The normalized spacial score (nSPS) is 50.9. The second-order valence-electron chi connectivity index (χ2n) is 10.2. The highest BCUT2D eigenvalue weighted by atomic mass is 16.3. The molecule has 7 atom stereocenters. The molecule has 4 aliphatic carbocycles. The number of aromatic nitrogens is 2. The first-order chi connectivity index (χ1) is 11.4. The van der Waals surface area contributed by atoms with Crippen molar-refractivity contribution < 1.29 is 10.6 Å². The molecule has 0 saturated heterocycles. The highest BCUT2D eigenvalue weighted by Gasteiger charge is 2.63. The third-order valence-electron chi connectivity index (χ3n) is 9.46. The second-order valence-corrected chi connectivity index (χ2v) is 10.2. The molecule has 1 aromatic heterocycles. The van der Waals surface area contributed by atoms with Crippen molar-refractivity contribution in [1.82, 2.24) is 10.2 Å². The van der Waals surface area contributed by atoms with Gasteiger partial charge in [-0.3, -0.25) is 5.10 Å². The number of rotatable bonds is 0. The molecule has 0 unspecified atom stereocenters. The number of H-pyrrole nitrogens is 1. The summed E-state index contributed by atoms with van der Waals surface area (Å²) in [7, 11) is 0. The molecule has 0 radical (unpaired) electrons. The van der Waals surface area contributed by atoms with Gasteiger partial charge in [0.25, 0.3) is 0 Å². The molecule has 0 spiro atoms. The summed E-state index contributed by atoms with van der Waals surface area (Å²) in [6, 6.07) is 0. The van der Waals surface area contributed by atoms with Gasteiger partial charge in [-0.15, -0.1) is 0 Å². The molecular formula is C21H34N2O2. The summed E-state index contributed by atoms with van der Waals surface area (Å²) in [5.74, 6) is 3.21. The molecule has 1 heterocycles. The van der Waals surface area contributed by atoms with Crippen molar-refractivity contribution in [1.29, 1.82) is 0 Å². The lowest BCUT2D eigenvalue weighted by Crippen LogP contribution is -2.56. The van der Waals surface area contributed by atoms with E-state index >= 15 is 0 Å². The number of hydrogen-bond donors (Lipinski definition) is 2. The summed E-state index contributed by atoms with van der Waals surface area (Å²) in [6.07, 6.45) is 12.0. The van der Waals surface area contributed by atoms with Crippen LogP contribution in [0, 0.1) is 34.5 Å². The summed E-state index contributed by atoms with van der Waals surface area (Å²) >= 11 is 0. The zero-order valence-electron chi connectivity index (χ0n) is 15.9. The summed E-state index contributed by atoms with van der Waals surface area (Å²) < 4.78 is 0. The SMILES string of the molecule is C[C@]12Cc3cn[nH]c3C[C@@H]1CC[C@@H]1[C@@H]2CC[C@@]2(C)[C@H]1CC[C@]2(C)O.O. The van der Waals surface area contributed by atoms with Crippen LogP contribution < -0.4 is 0 Å². The van der Waals surface area contributed by atoms with Crippen LogP contribution in [-0.4, -0.2) is 26.4 Å². The van der Waals surface area contributed by atoms with Gasteiger partial charge in [0.2, 0.25) is 0 Å². The highest BCUT2D eigenvalue weighted by Crippen LogP contribution is 2.67. The van der Waals surface area contributed by atoms with Crippen LogP contribution in [0.15, 0.2) is 6.20 Å². The average molecular weight is 347 g/mol. The minimum absolute atomic E-state index is 0. The number of nitrogens with one attached hydrogen (secondary N) is 1. The van der Waals surface area contributed by atoms with E-state index in [0.717, 1.165) is 30.1 Å². The zero-order chi connectivity index (χ0) is 16.7. The monoisotopic (exact) mass is 346 g/mol. The number of aliphatic hydroxyl groups is 1. The van der Waals surface area contributed by atoms with Gasteiger partial charge in [0.15, 0.2) is 0 Å². The van der Waals surface area contributed by atoms with Gasteiger partial charge in [0.1, 0.15) is 0 Å². The Bertz CT molecular complexity index is 669. The molecule has 4 aliphatic rings. The van der Waals surface area contributed by atoms with E-state index < -0.39 is 5.60 Å². The van der Waals surface area contributed by atoms with Crippen molar-refractivity contribution in [3.8, 4) is 0 Å². The van der Waals surface area contributed by atoms with Crippen LogP contribution in [0.1, 0.15) is 70.6 Å². The maximum Gasteiger partial charge on any atom is 0.0675 e. The lowest BCUT2D eigenvalue weighted by Gasteiger charge is -2.60. The quantitative estimate of drug-likeness (QED) is 0.756. The summed E-state index contributed by atoms with van der Waals surface area (Å²) in [5.41, 5.74) is 3.01. The van der Waals surface area contributed by atoms with Crippen LogP contribution in [0.2, 0.25) is 0 Å². The van der Waals surface area contributed by atoms with E-state index in [-0.39, 0.29) is 10.9 Å². The van der Waals surface area contributed by atoms with E-state index in [9.17, 15) is 5.11 Å². The van der Waals surface area contributed by atoms with Gasteiger partial charge in [-0.2, -0.15) is 5.10 Å². The molecule has 0 aromatic carbocycles. The predicted molar refractivity (Wildman–Crippen MR) is 98.1 cm³/mol. The molecule has 0 aliphatic heterocycles. The molecule has 3 fully saturated rings. The topological polar surface area (TPSA) is 80.4 Å². The van der Waals surface area contributed by atoms with E-state index in [4.69, 9.17) is 0 Å². The molecule has 4 heteroatoms. The Kier molecular flexibility index (Phi) is 3.73. The van der Waals surface area contributed by atoms with Crippen molar-refractivity contribution >= 4 is 0 Å². The van der Waals surface area contributed by atoms with Crippen LogP contribution in [0.5, 0.6) is 0 Å². The van der Waals surface area contributed by atoms with Crippen LogP contribution >= 0.6 is 0 Å². The van der Waals surface area contributed by atoms with Gasteiger partial charge in [-0.1, -0.05) is 13.8 Å². The third kappa shape index (κ3) is 2.10. The fourth-order valence-electron chi connectivity index (χ4n) is 7.71. The Morgan fingerprint density at radius 2 is 1.84 bits per heavy atom. The second kappa shape index (κ2) is 5.32.